The zero-order chi connectivity index (χ0) is 16.1. The summed E-state index contributed by atoms with van der Waals surface area (Å²) in [5.41, 5.74) is 1.81. The van der Waals surface area contributed by atoms with Crippen molar-refractivity contribution in [3.8, 4) is 0 Å². The third-order valence-corrected chi connectivity index (χ3v) is 5.47. The molecule has 1 saturated heterocycles. The van der Waals surface area contributed by atoms with E-state index < -0.39 is 0 Å². The molecule has 2 fully saturated rings. The van der Waals surface area contributed by atoms with E-state index in [1.54, 1.807) is 0 Å². The topological polar surface area (TPSA) is 45.5 Å². The van der Waals surface area contributed by atoms with Gasteiger partial charge in [-0.15, -0.1) is 0 Å². The van der Waals surface area contributed by atoms with Gasteiger partial charge in [0, 0.05) is 39.4 Å². The molecule has 1 aliphatic carbocycles. The Balaban J connectivity index is 1.43. The van der Waals surface area contributed by atoms with Crippen molar-refractivity contribution in [2.75, 3.05) is 26.7 Å². The van der Waals surface area contributed by atoms with Crippen LogP contribution in [0.25, 0.3) is 0 Å². The first-order valence-electron chi connectivity index (χ1n) is 9.15. The molecule has 1 spiro atoms. The molecule has 2 heterocycles. The van der Waals surface area contributed by atoms with Gasteiger partial charge in [0.25, 0.3) is 0 Å². The first-order valence-corrected chi connectivity index (χ1v) is 9.15. The quantitative estimate of drug-likeness (QED) is 0.528. The van der Waals surface area contributed by atoms with Gasteiger partial charge in [0.15, 0.2) is 5.96 Å². The molecule has 3 rings (SSSR count). The Bertz CT molecular complexity index is 527. The largest absolute Gasteiger partial charge is 0.356 e. The van der Waals surface area contributed by atoms with Crippen molar-refractivity contribution >= 4 is 5.96 Å². The molecule has 1 N–H and O–H groups in total. The summed E-state index contributed by atoms with van der Waals surface area (Å²) in [4.78, 5) is 6.98. The Morgan fingerprint density at radius 1 is 1.30 bits per heavy atom. The number of aliphatic imine (C=N–C) groups is 1. The lowest BCUT2D eigenvalue weighted by molar-refractivity contribution is 0.203. The minimum Gasteiger partial charge on any atom is -0.356 e. The second-order valence-electron chi connectivity index (χ2n) is 7.34. The molecule has 1 aromatic rings. The summed E-state index contributed by atoms with van der Waals surface area (Å²) in [6.07, 6.45) is 13.5. The Labute approximate surface area is 140 Å². The van der Waals surface area contributed by atoms with Gasteiger partial charge in [0.2, 0.25) is 0 Å². The second kappa shape index (κ2) is 7.37. The SMILES string of the molecule is CN=C(NCCCn1cc(C)cn1)N1CCC2(CCCCC2)C1. The van der Waals surface area contributed by atoms with Gasteiger partial charge >= 0.3 is 0 Å². The van der Waals surface area contributed by atoms with E-state index >= 15 is 0 Å². The molecular formula is C18H31N5. The van der Waals surface area contributed by atoms with Crippen molar-refractivity contribution in [3.63, 3.8) is 0 Å². The predicted molar refractivity (Wildman–Crippen MR) is 94.7 cm³/mol. The number of rotatable bonds is 4. The maximum atomic E-state index is 4.51. The van der Waals surface area contributed by atoms with Crippen LogP contribution in [0.3, 0.4) is 0 Å². The average molecular weight is 317 g/mol. The Hall–Kier alpha value is -1.52. The zero-order valence-corrected chi connectivity index (χ0v) is 14.7. The van der Waals surface area contributed by atoms with Crippen molar-refractivity contribution in [2.45, 2.75) is 58.4 Å². The summed E-state index contributed by atoms with van der Waals surface area (Å²) in [6.45, 7) is 6.36. The molecular weight excluding hydrogens is 286 g/mol. The zero-order valence-electron chi connectivity index (χ0n) is 14.7. The highest BCUT2D eigenvalue weighted by atomic mass is 15.3. The van der Waals surface area contributed by atoms with Gasteiger partial charge in [-0.25, -0.2) is 0 Å². The first-order chi connectivity index (χ1) is 11.2. The summed E-state index contributed by atoms with van der Waals surface area (Å²) < 4.78 is 2.02. The smallest absolute Gasteiger partial charge is 0.193 e. The van der Waals surface area contributed by atoms with E-state index in [-0.39, 0.29) is 0 Å². The van der Waals surface area contributed by atoms with Crippen LogP contribution < -0.4 is 5.32 Å². The van der Waals surface area contributed by atoms with Crippen molar-refractivity contribution in [1.82, 2.24) is 20.0 Å². The number of guanidine groups is 1. The molecule has 1 aromatic heterocycles. The molecule has 5 heteroatoms. The Morgan fingerprint density at radius 3 is 2.83 bits per heavy atom. The van der Waals surface area contributed by atoms with Crippen LogP contribution in [0.15, 0.2) is 17.4 Å². The van der Waals surface area contributed by atoms with Gasteiger partial charge in [0.05, 0.1) is 6.20 Å². The number of likely N-dealkylation sites (tertiary alicyclic amines) is 1. The van der Waals surface area contributed by atoms with Crippen LogP contribution in [-0.2, 0) is 6.54 Å². The van der Waals surface area contributed by atoms with Crippen LogP contribution in [0.4, 0.5) is 0 Å². The van der Waals surface area contributed by atoms with Gasteiger partial charge in [-0.05, 0) is 43.6 Å². The molecule has 0 bridgehead atoms. The van der Waals surface area contributed by atoms with E-state index in [4.69, 9.17) is 0 Å². The fraction of sp³-hybridized carbons (Fsp3) is 0.778. The molecule has 0 unspecified atom stereocenters. The van der Waals surface area contributed by atoms with E-state index in [2.05, 4.69) is 33.4 Å². The molecule has 0 aromatic carbocycles. The van der Waals surface area contributed by atoms with Crippen molar-refractivity contribution in [3.05, 3.63) is 18.0 Å². The van der Waals surface area contributed by atoms with Crippen LogP contribution >= 0.6 is 0 Å². The van der Waals surface area contributed by atoms with Crippen molar-refractivity contribution in [1.29, 1.82) is 0 Å². The third-order valence-electron chi connectivity index (χ3n) is 5.47. The van der Waals surface area contributed by atoms with Crippen LogP contribution in [0.1, 0.15) is 50.5 Å². The number of hydrogen-bond donors (Lipinski definition) is 1. The maximum absolute atomic E-state index is 4.51. The second-order valence-corrected chi connectivity index (χ2v) is 7.34. The first kappa shape index (κ1) is 16.3. The standard InChI is InChI=1S/C18H31N5/c1-16-13-21-23(14-16)11-6-10-20-17(19-2)22-12-9-18(15-22)7-4-3-5-8-18/h13-14H,3-12,15H2,1-2H3,(H,19,20). The summed E-state index contributed by atoms with van der Waals surface area (Å²) in [5.74, 6) is 1.09. The average Bonchev–Trinajstić information content (AvgIpc) is 3.15. The third kappa shape index (κ3) is 4.06. The monoisotopic (exact) mass is 317 g/mol. The number of nitrogens with zero attached hydrogens (tertiary/aromatic N) is 4. The number of hydrogen-bond acceptors (Lipinski definition) is 2. The molecule has 128 valence electrons. The van der Waals surface area contributed by atoms with Gasteiger partial charge in [-0.2, -0.15) is 5.10 Å². The van der Waals surface area contributed by atoms with Crippen LogP contribution in [0, 0.1) is 12.3 Å². The van der Waals surface area contributed by atoms with E-state index in [1.165, 1.54) is 50.6 Å². The number of nitrogens with one attached hydrogen (secondary N) is 1. The highest BCUT2D eigenvalue weighted by molar-refractivity contribution is 5.80. The normalized spacial score (nSPS) is 21.1. The molecule has 2 aliphatic rings. The molecule has 0 radical (unpaired) electrons. The lowest BCUT2D eigenvalue weighted by atomic mass is 9.73. The van der Waals surface area contributed by atoms with Crippen molar-refractivity contribution in [2.24, 2.45) is 10.4 Å². The minimum atomic E-state index is 0.586. The van der Waals surface area contributed by atoms with Gasteiger partial charge in [-0.1, -0.05) is 19.3 Å². The highest BCUT2D eigenvalue weighted by Gasteiger charge is 2.39. The predicted octanol–water partition coefficient (Wildman–Crippen LogP) is 2.81. The molecule has 0 amide bonds. The summed E-state index contributed by atoms with van der Waals surface area (Å²) in [7, 11) is 1.91. The fourth-order valence-corrected chi connectivity index (χ4v) is 4.19. The Morgan fingerprint density at radius 2 is 2.13 bits per heavy atom. The van der Waals surface area contributed by atoms with E-state index in [1.807, 2.05) is 17.9 Å². The van der Waals surface area contributed by atoms with Crippen LogP contribution in [-0.4, -0.2) is 47.3 Å². The lowest BCUT2D eigenvalue weighted by Crippen LogP contribution is -2.42. The Kier molecular flexibility index (Phi) is 5.23. The summed E-state index contributed by atoms with van der Waals surface area (Å²) in [6, 6.07) is 0. The molecule has 0 atom stereocenters. The summed E-state index contributed by atoms with van der Waals surface area (Å²) in [5, 5.41) is 7.88. The van der Waals surface area contributed by atoms with E-state index in [0.29, 0.717) is 5.41 Å². The van der Waals surface area contributed by atoms with Gasteiger partial charge < -0.3 is 10.2 Å². The molecule has 23 heavy (non-hydrogen) atoms. The molecule has 1 aliphatic heterocycles. The summed E-state index contributed by atoms with van der Waals surface area (Å²) >= 11 is 0. The fourth-order valence-electron chi connectivity index (χ4n) is 4.19. The molecule has 5 nitrogen and oxygen atoms in total. The van der Waals surface area contributed by atoms with Crippen molar-refractivity contribution < 1.29 is 0 Å². The van der Waals surface area contributed by atoms with Gasteiger partial charge in [-0.3, -0.25) is 9.67 Å². The number of aromatic nitrogens is 2. The highest BCUT2D eigenvalue weighted by Crippen LogP contribution is 2.43. The molecule has 1 saturated carbocycles. The van der Waals surface area contributed by atoms with Crippen LogP contribution in [0.5, 0.6) is 0 Å². The minimum absolute atomic E-state index is 0.586. The van der Waals surface area contributed by atoms with E-state index in [9.17, 15) is 0 Å². The van der Waals surface area contributed by atoms with Gasteiger partial charge in [0.1, 0.15) is 0 Å². The van der Waals surface area contributed by atoms with E-state index in [0.717, 1.165) is 32.0 Å². The number of aryl methyl sites for hydroxylation is 2. The maximum Gasteiger partial charge on any atom is 0.193 e. The van der Waals surface area contributed by atoms with Crippen LogP contribution in [0.2, 0.25) is 0 Å². The lowest BCUT2D eigenvalue weighted by Gasteiger charge is -2.33.